The zero-order valence-corrected chi connectivity index (χ0v) is 10.9. The fourth-order valence-corrected chi connectivity index (χ4v) is 1.68. The monoisotopic (exact) mass is 253 g/mol. The first-order valence-electron chi connectivity index (χ1n) is 6.28. The van der Waals surface area contributed by atoms with Crippen LogP contribution in [0.1, 0.15) is 38.3 Å². The van der Waals surface area contributed by atoms with E-state index in [0.29, 0.717) is 19.6 Å². The maximum Gasteiger partial charge on any atom is 0.305 e. The number of nitrogens with one attached hydrogen (secondary N) is 1. The molecule has 0 aromatic heterocycles. The molecule has 100 valence electrons. The average Bonchev–Trinajstić information content (AvgIpc) is 2.35. The quantitative estimate of drug-likeness (QED) is 0.600. The van der Waals surface area contributed by atoms with E-state index in [1.807, 2.05) is 13.0 Å². The van der Waals surface area contributed by atoms with E-state index in [1.165, 1.54) is 12.1 Å². The fraction of sp³-hybridized carbons (Fsp3) is 0.500. The molecule has 0 aliphatic carbocycles. The third kappa shape index (κ3) is 5.27. The minimum atomic E-state index is -0.229. The molecule has 1 aromatic rings. The Morgan fingerprint density at radius 2 is 2.28 bits per heavy atom. The Kier molecular flexibility index (Phi) is 6.36. The largest absolute Gasteiger partial charge is 0.466 e. The molecule has 0 aliphatic rings. The smallest absolute Gasteiger partial charge is 0.305 e. The lowest BCUT2D eigenvalue weighted by Gasteiger charge is -2.14. The molecule has 0 heterocycles. The molecule has 0 spiro atoms. The van der Waals surface area contributed by atoms with Gasteiger partial charge in [0.1, 0.15) is 5.82 Å². The number of benzene rings is 1. The molecule has 0 amide bonds. The number of carbonyl (C=O) groups excluding carboxylic acids is 1. The van der Waals surface area contributed by atoms with Gasteiger partial charge < -0.3 is 10.1 Å². The highest BCUT2D eigenvalue weighted by atomic mass is 19.1. The number of rotatable bonds is 7. The molecule has 1 unspecified atom stereocenters. The van der Waals surface area contributed by atoms with Crippen molar-refractivity contribution in [2.24, 2.45) is 0 Å². The Balaban J connectivity index is 2.25. The summed E-state index contributed by atoms with van der Waals surface area (Å²) in [5.41, 5.74) is 0.908. The normalized spacial score (nSPS) is 12.2. The number of ether oxygens (including phenoxy) is 1. The van der Waals surface area contributed by atoms with Crippen molar-refractivity contribution in [3.05, 3.63) is 35.6 Å². The van der Waals surface area contributed by atoms with Crippen LogP contribution >= 0.6 is 0 Å². The third-order valence-corrected chi connectivity index (χ3v) is 2.66. The van der Waals surface area contributed by atoms with Crippen molar-refractivity contribution in [2.45, 2.75) is 32.7 Å². The maximum absolute atomic E-state index is 13.0. The number of carbonyl (C=O) groups is 1. The molecule has 1 atom stereocenters. The minimum Gasteiger partial charge on any atom is -0.466 e. The SMILES string of the molecule is CCOC(=O)CCCNC(C)c1cccc(F)c1. The van der Waals surface area contributed by atoms with Crippen molar-refractivity contribution in [2.75, 3.05) is 13.2 Å². The first-order valence-corrected chi connectivity index (χ1v) is 6.28. The van der Waals surface area contributed by atoms with Gasteiger partial charge in [0, 0.05) is 12.5 Å². The van der Waals surface area contributed by atoms with Gasteiger partial charge in [0.05, 0.1) is 6.61 Å². The van der Waals surface area contributed by atoms with Gasteiger partial charge in [-0.3, -0.25) is 4.79 Å². The van der Waals surface area contributed by atoms with E-state index in [4.69, 9.17) is 4.74 Å². The van der Waals surface area contributed by atoms with Crippen LogP contribution in [0, 0.1) is 5.82 Å². The second-order valence-corrected chi connectivity index (χ2v) is 4.14. The Morgan fingerprint density at radius 1 is 1.50 bits per heavy atom. The van der Waals surface area contributed by atoms with E-state index in [9.17, 15) is 9.18 Å². The summed E-state index contributed by atoms with van der Waals surface area (Å²) in [6, 6.07) is 6.59. The summed E-state index contributed by atoms with van der Waals surface area (Å²) in [6.07, 6.45) is 1.13. The fourth-order valence-electron chi connectivity index (χ4n) is 1.68. The Bertz CT molecular complexity index is 382. The summed E-state index contributed by atoms with van der Waals surface area (Å²) in [5, 5.41) is 3.25. The van der Waals surface area contributed by atoms with Gasteiger partial charge in [-0.05, 0) is 44.5 Å². The predicted octanol–water partition coefficient (Wildman–Crippen LogP) is 2.82. The molecule has 4 heteroatoms. The Hall–Kier alpha value is -1.42. The number of hydrogen-bond donors (Lipinski definition) is 1. The van der Waals surface area contributed by atoms with Crippen LogP contribution in [0.4, 0.5) is 4.39 Å². The number of esters is 1. The molecule has 0 fully saturated rings. The Labute approximate surface area is 107 Å². The van der Waals surface area contributed by atoms with E-state index in [0.717, 1.165) is 12.0 Å². The molecule has 18 heavy (non-hydrogen) atoms. The first-order chi connectivity index (χ1) is 8.63. The summed E-state index contributed by atoms with van der Waals surface area (Å²) in [5.74, 6) is -0.398. The van der Waals surface area contributed by atoms with Crippen LogP contribution in [-0.2, 0) is 9.53 Å². The van der Waals surface area contributed by atoms with Crippen molar-refractivity contribution in [1.82, 2.24) is 5.32 Å². The predicted molar refractivity (Wildman–Crippen MR) is 68.7 cm³/mol. The zero-order chi connectivity index (χ0) is 13.4. The Morgan fingerprint density at radius 3 is 2.94 bits per heavy atom. The summed E-state index contributed by atoms with van der Waals surface area (Å²) < 4.78 is 17.9. The summed E-state index contributed by atoms with van der Waals surface area (Å²) in [4.78, 5) is 11.1. The van der Waals surface area contributed by atoms with E-state index in [2.05, 4.69) is 5.32 Å². The van der Waals surface area contributed by atoms with Gasteiger partial charge in [-0.15, -0.1) is 0 Å². The van der Waals surface area contributed by atoms with Crippen LogP contribution < -0.4 is 5.32 Å². The van der Waals surface area contributed by atoms with Crippen molar-refractivity contribution in [1.29, 1.82) is 0 Å². The highest BCUT2D eigenvalue weighted by Gasteiger charge is 2.06. The molecule has 0 bridgehead atoms. The standard InChI is InChI=1S/C14H20FNO2/c1-3-18-14(17)8-5-9-16-11(2)12-6-4-7-13(15)10-12/h4,6-7,10-11,16H,3,5,8-9H2,1-2H3. The molecule has 0 aliphatic heterocycles. The molecule has 0 saturated carbocycles. The summed E-state index contributed by atoms with van der Waals surface area (Å²) in [7, 11) is 0. The van der Waals surface area contributed by atoms with Crippen molar-refractivity contribution in [3.63, 3.8) is 0 Å². The van der Waals surface area contributed by atoms with Crippen molar-refractivity contribution < 1.29 is 13.9 Å². The van der Waals surface area contributed by atoms with Gasteiger partial charge in [0.2, 0.25) is 0 Å². The molecule has 1 N–H and O–H groups in total. The van der Waals surface area contributed by atoms with Gasteiger partial charge in [0.25, 0.3) is 0 Å². The number of halogens is 1. The highest BCUT2D eigenvalue weighted by molar-refractivity contribution is 5.69. The first kappa shape index (κ1) is 14.6. The average molecular weight is 253 g/mol. The van der Waals surface area contributed by atoms with Crippen LogP contribution in [0.3, 0.4) is 0 Å². The third-order valence-electron chi connectivity index (χ3n) is 2.66. The lowest BCUT2D eigenvalue weighted by atomic mass is 10.1. The topological polar surface area (TPSA) is 38.3 Å². The second kappa shape index (κ2) is 7.82. The molecular weight excluding hydrogens is 233 g/mol. The highest BCUT2D eigenvalue weighted by Crippen LogP contribution is 2.13. The molecule has 1 rings (SSSR count). The van der Waals surface area contributed by atoms with Crippen LogP contribution in [-0.4, -0.2) is 19.1 Å². The van der Waals surface area contributed by atoms with E-state index in [1.54, 1.807) is 13.0 Å². The van der Waals surface area contributed by atoms with Crippen molar-refractivity contribution in [3.8, 4) is 0 Å². The minimum absolute atomic E-state index is 0.0721. The number of hydrogen-bond acceptors (Lipinski definition) is 3. The van der Waals surface area contributed by atoms with E-state index < -0.39 is 0 Å². The van der Waals surface area contributed by atoms with E-state index in [-0.39, 0.29) is 17.8 Å². The van der Waals surface area contributed by atoms with E-state index >= 15 is 0 Å². The van der Waals surface area contributed by atoms with Gasteiger partial charge in [-0.2, -0.15) is 0 Å². The second-order valence-electron chi connectivity index (χ2n) is 4.14. The summed E-state index contributed by atoms with van der Waals surface area (Å²) in [6.45, 7) is 4.89. The van der Waals surface area contributed by atoms with Crippen LogP contribution in [0.15, 0.2) is 24.3 Å². The van der Waals surface area contributed by atoms with Crippen molar-refractivity contribution >= 4 is 5.97 Å². The van der Waals surface area contributed by atoms with Crippen LogP contribution in [0.5, 0.6) is 0 Å². The van der Waals surface area contributed by atoms with Crippen LogP contribution in [0.25, 0.3) is 0 Å². The lowest BCUT2D eigenvalue weighted by molar-refractivity contribution is -0.143. The van der Waals surface area contributed by atoms with Gasteiger partial charge in [-0.25, -0.2) is 4.39 Å². The molecule has 3 nitrogen and oxygen atoms in total. The lowest BCUT2D eigenvalue weighted by Crippen LogP contribution is -2.20. The van der Waals surface area contributed by atoms with Gasteiger partial charge >= 0.3 is 5.97 Å². The maximum atomic E-state index is 13.0. The molecule has 0 saturated heterocycles. The van der Waals surface area contributed by atoms with Crippen LogP contribution in [0.2, 0.25) is 0 Å². The molecule has 1 aromatic carbocycles. The van der Waals surface area contributed by atoms with Gasteiger partial charge in [-0.1, -0.05) is 12.1 Å². The molecule has 0 radical (unpaired) electrons. The summed E-state index contributed by atoms with van der Waals surface area (Å²) >= 11 is 0. The van der Waals surface area contributed by atoms with Gasteiger partial charge in [0.15, 0.2) is 0 Å². The zero-order valence-electron chi connectivity index (χ0n) is 10.9. The molecular formula is C14H20FNO2.